The summed E-state index contributed by atoms with van der Waals surface area (Å²) in [5.41, 5.74) is 1.10. The van der Waals surface area contributed by atoms with E-state index in [0.717, 1.165) is 12.1 Å². The third-order valence-corrected chi connectivity index (χ3v) is 1.81. The molecule has 0 atom stereocenters. The van der Waals surface area contributed by atoms with Gasteiger partial charge < -0.3 is 15.1 Å². The largest absolute Gasteiger partial charge is 0.472 e. The number of hydrogen-bond acceptors (Lipinski definition) is 3. The Morgan fingerprint density at radius 1 is 1.57 bits per heavy atom. The Morgan fingerprint density at radius 2 is 2.43 bits per heavy atom. The van der Waals surface area contributed by atoms with E-state index in [0.29, 0.717) is 19.5 Å². The summed E-state index contributed by atoms with van der Waals surface area (Å²) >= 11 is 0. The Hall–Kier alpha value is -1.29. The Bertz CT molecular complexity index is 257. The highest BCUT2D eigenvalue weighted by molar-refractivity contribution is 5.75. The predicted octanol–water partition coefficient (Wildman–Crippen LogP) is 0.895. The van der Waals surface area contributed by atoms with Gasteiger partial charge in [0.25, 0.3) is 0 Å². The van der Waals surface area contributed by atoms with Crippen LogP contribution in [0, 0.1) is 0 Å². The summed E-state index contributed by atoms with van der Waals surface area (Å²) in [5, 5.41) is 5.90. The lowest BCUT2D eigenvalue weighted by molar-refractivity contribution is -0.120. The van der Waals surface area contributed by atoms with Crippen molar-refractivity contribution in [2.24, 2.45) is 0 Å². The molecule has 0 radical (unpaired) electrons. The molecule has 78 valence electrons. The van der Waals surface area contributed by atoms with Crippen molar-refractivity contribution in [2.45, 2.75) is 19.9 Å². The van der Waals surface area contributed by atoms with E-state index in [4.69, 9.17) is 4.42 Å². The fraction of sp³-hybridized carbons (Fsp3) is 0.500. The number of rotatable bonds is 6. The quantitative estimate of drug-likeness (QED) is 0.664. The number of carbonyl (C=O) groups excluding carboxylic acids is 1. The van der Waals surface area contributed by atoms with Gasteiger partial charge in [-0.2, -0.15) is 0 Å². The third-order valence-electron chi connectivity index (χ3n) is 1.81. The molecular weight excluding hydrogens is 180 g/mol. The maximum atomic E-state index is 11.0. The van der Waals surface area contributed by atoms with Crippen LogP contribution in [0.25, 0.3) is 0 Å². The second-order valence-electron chi connectivity index (χ2n) is 3.01. The lowest BCUT2D eigenvalue weighted by Gasteiger charge is -2.03. The summed E-state index contributed by atoms with van der Waals surface area (Å²) in [7, 11) is 0. The van der Waals surface area contributed by atoms with Gasteiger partial charge in [-0.05, 0) is 13.0 Å². The minimum atomic E-state index is 0.0900. The van der Waals surface area contributed by atoms with Crippen LogP contribution in [-0.4, -0.2) is 19.0 Å². The highest BCUT2D eigenvalue weighted by atomic mass is 16.3. The summed E-state index contributed by atoms with van der Waals surface area (Å²) in [6.07, 6.45) is 3.85. The van der Waals surface area contributed by atoms with Gasteiger partial charge in [0.15, 0.2) is 0 Å². The first-order valence-corrected chi connectivity index (χ1v) is 4.81. The monoisotopic (exact) mass is 196 g/mol. The van der Waals surface area contributed by atoms with Crippen molar-refractivity contribution in [3.8, 4) is 0 Å². The number of carbonyl (C=O) groups is 1. The minimum absolute atomic E-state index is 0.0900. The smallest absolute Gasteiger partial charge is 0.221 e. The zero-order valence-corrected chi connectivity index (χ0v) is 8.38. The van der Waals surface area contributed by atoms with Gasteiger partial charge in [-0.15, -0.1) is 0 Å². The van der Waals surface area contributed by atoms with Crippen molar-refractivity contribution in [2.75, 3.05) is 13.1 Å². The number of furan rings is 1. The highest BCUT2D eigenvalue weighted by Gasteiger charge is 1.98. The molecular formula is C10H16N2O2. The van der Waals surface area contributed by atoms with Crippen LogP contribution in [-0.2, 0) is 11.3 Å². The lowest BCUT2D eigenvalue weighted by Crippen LogP contribution is -2.27. The van der Waals surface area contributed by atoms with E-state index in [9.17, 15) is 4.79 Å². The summed E-state index contributed by atoms with van der Waals surface area (Å²) in [6, 6.07) is 1.90. The standard InChI is InChI=1S/C10H16N2O2/c1-2-12-10(13)3-5-11-7-9-4-6-14-8-9/h4,6,8,11H,2-3,5,7H2,1H3,(H,12,13). The van der Waals surface area contributed by atoms with Crippen LogP contribution >= 0.6 is 0 Å². The first-order chi connectivity index (χ1) is 6.83. The van der Waals surface area contributed by atoms with Crippen molar-refractivity contribution < 1.29 is 9.21 Å². The molecule has 1 heterocycles. The molecule has 2 N–H and O–H groups in total. The molecule has 0 fully saturated rings. The van der Waals surface area contributed by atoms with Crippen LogP contribution in [0.4, 0.5) is 0 Å². The molecule has 1 amide bonds. The van der Waals surface area contributed by atoms with Crippen LogP contribution in [0.3, 0.4) is 0 Å². The van der Waals surface area contributed by atoms with Gasteiger partial charge in [-0.3, -0.25) is 4.79 Å². The molecule has 4 nitrogen and oxygen atoms in total. The van der Waals surface area contributed by atoms with E-state index in [1.165, 1.54) is 0 Å². The average molecular weight is 196 g/mol. The molecule has 0 saturated carbocycles. The van der Waals surface area contributed by atoms with Gasteiger partial charge in [0, 0.05) is 31.6 Å². The predicted molar refractivity (Wildman–Crippen MR) is 53.7 cm³/mol. The SMILES string of the molecule is CCNC(=O)CCNCc1ccoc1. The van der Waals surface area contributed by atoms with E-state index >= 15 is 0 Å². The Balaban J connectivity index is 2.02. The van der Waals surface area contributed by atoms with Crippen LogP contribution in [0.1, 0.15) is 18.9 Å². The van der Waals surface area contributed by atoms with Crippen molar-refractivity contribution in [3.05, 3.63) is 24.2 Å². The molecule has 0 aliphatic heterocycles. The van der Waals surface area contributed by atoms with Crippen LogP contribution in [0.2, 0.25) is 0 Å². The van der Waals surface area contributed by atoms with E-state index in [-0.39, 0.29) is 5.91 Å². The second-order valence-corrected chi connectivity index (χ2v) is 3.01. The van der Waals surface area contributed by atoms with E-state index < -0.39 is 0 Å². The number of nitrogens with one attached hydrogen (secondary N) is 2. The van der Waals surface area contributed by atoms with Crippen molar-refractivity contribution in [1.82, 2.24) is 10.6 Å². The third kappa shape index (κ3) is 4.09. The van der Waals surface area contributed by atoms with Crippen LogP contribution < -0.4 is 10.6 Å². The lowest BCUT2D eigenvalue weighted by atomic mass is 10.3. The van der Waals surface area contributed by atoms with Gasteiger partial charge in [0.2, 0.25) is 5.91 Å². The highest BCUT2D eigenvalue weighted by Crippen LogP contribution is 1.98. The molecule has 0 aliphatic rings. The zero-order chi connectivity index (χ0) is 10.2. The minimum Gasteiger partial charge on any atom is -0.472 e. The maximum absolute atomic E-state index is 11.0. The molecule has 14 heavy (non-hydrogen) atoms. The second kappa shape index (κ2) is 6.21. The molecule has 0 bridgehead atoms. The van der Waals surface area contributed by atoms with Gasteiger partial charge in [-0.25, -0.2) is 0 Å². The van der Waals surface area contributed by atoms with E-state index in [1.807, 2.05) is 13.0 Å². The number of hydrogen-bond donors (Lipinski definition) is 2. The number of amides is 1. The van der Waals surface area contributed by atoms with Gasteiger partial charge in [0.1, 0.15) is 0 Å². The van der Waals surface area contributed by atoms with Gasteiger partial charge in [-0.1, -0.05) is 0 Å². The molecule has 1 aromatic rings. The average Bonchev–Trinajstić information content (AvgIpc) is 2.65. The Morgan fingerprint density at radius 3 is 3.07 bits per heavy atom. The molecule has 0 aromatic carbocycles. The van der Waals surface area contributed by atoms with Gasteiger partial charge in [0.05, 0.1) is 12.5 Å². The van der Waals surface area contributed by atoms with Crippen LogP contribution in [0.5, 0.6) is 0 Å². The Labute approximate surface area is 83.7 Å². The molecule has 0 saturated heterocycles. The molecule has 4 heteroatoms. The molecule has 1 aromatic heterocycles. The molecule has 0 spiro atoms. The normalized spacial score (nSPS) is 10.1. The molecule has 0 unspecified atom stereocenters. The summed E-state index contributed by atoms with van der Waals surface area (Å²) in [5.74, 6) is 0.0900. The fourth-order valence-corrected chi connectivity index (χ4v) is 1.11. The van der Waals surface area contributed by atoms with Crippen LogP contribution in [0.15, 0.2) is 23.0 Å². The summed E-state index contributed by atoms with van der Waals surface area (Å²) in [6.45, 7) is 4.05. The van der Waals surface area contributed by atoms with Crippen molar-refractivity contribution in [1.29, 1.82) is 0 Å². The van der Waals surface area contributed by atoms with Crippen molar-refractivity contribution >= 4 is 5.91 Å². The first-order valence-electron chi connectivity index (χ1n) is 4.81. The summed E-state index contributed by atoms with van der Waals surface area (Å²) in [4.78, 5) is 11.0. The summed E-state index contributed by atoms with van der Waals surface area (Å²) < 4.78 is 4.91. The van der Waals surface area contributed by atoms with E-state index in [1.54, 1.807) is 12.5 Å². The molecule has 1 rings (SSSR count). The zero-order valence-electron chi connectivity index (χ0n) is 8.38. The van der Waals surface area contributed by atoms with E-state index in [2.05, 4.69) is 10.6 Å². The fourth-order valence-electron chi connectivity index (χ4n) is 1.11. The van der Waals surface area contributed by atoms with Crippen molar-refractivity contribution in [3.63, 3.8) is 0 Å². The topological polar surface area (TPSA) is 54.3 Å². The first kappa shape index (κ1) is 10.8. The van der Waals surface area contributed by atoms with Gasteiger partial charge >= 0.3 is 0 Å². The maximum Gasteiger partial charge on any atom is 0.221 e. The Kier molecular flexibility index (Phi) is 4.78. The molecule has 0 aliphatic carbocycles.